The topological polar surface area (TPSA) is 62.6 Å². The van der Waals surface area contributed by atoms with Gasteiger partial charge in [0.25, 0.3) is 5.91 Å². The number of benzene rings is 1. The van der Waals surface area contributed by atoms with E-state index in [0.717, 1.165) is 31.5 Å². The minimum atomic E-state index is -0.427. The van der Waals surface area contributed by atoms with Gasteiger partial charge in [-0.1, -0.05) is 30.3 Å². The van der Waals surface area contributed by atoms with Gasteiger partial charge in [-0.25, -0.2) is 4.79 Å². The van der Waals surface area contributed by atoms with Crippen LogP contribution < -0.4 is 15.5 Å². The van der Waals surface area contributed by atoms with Crippen molar-refractivity contribution in [1.29, 1.82) is 0 Å². The van der Waals surface area contributed by atoms with Gasteiger partial charge in [-0.2, -0.15) is 0 Å². The van der Waals surface area contributed by atoms with Crippen molar-refractivity contribution in [3.05, 3.63) is 35.9 Å². The number of carbonyl (C=O) groups excluding carboxylic acids is 2. The van der Waals surface area contributed by atoms with E-state index >= 15 is 0 Å². The second kappa shape index (κ2) is 7.05. The van der Waals surface area contributed by atoms with Crippen LogP contribution in [0.25, 0.3) is 0 Å². The molecule has 3 amide bonds. The van der Waals surface area contributed by atoms with Gasteiger partial charge in [0.05, 0.1) is 13.1 Å². The van der Waals surface area contributed by atoms with Crippen molar-refractivity contribution in [2.24, 2.45) is 0 Å². The molecule has 1 aromatic carbocycles. The minimum Gasteiger partial charge on any atom is -0.334 e. The van der Waals surface area contributed by atoms with Crippen molar-refractivity contribution in [3.8, 4) is 0 Å². The van der Waals surface area contributed by atoms with Crippen LogP contribution in [0.5, 0.6) is 0 Å². The first-order chi connectivity index (χ1) is 9.66. The number of amides is 3. The second-order valence-electron chi connectivity index (χ2n) is 5.24. The van der Waals surface area contributed by atoms with Crippen molar-refractivity contribution in [3.63, 3.8) is 0 Å². The van der Waals surface area contributed by atoms with Gasteiger partial charge in [0.15, 0.2) is 6.04 Å². The van der Waals surface area contributed by atoms with Gasteiger partial charge < -0.3 is 10.2 Å². The molecule has 1 saturated heterocycles. The van der Waals surface area contributed by atoms with E-state index in [4.69, 9.17) is 0 Å². The molecule has 0 saturated carbocycles. The molecule has 1 fully saturated rings. The average molecular weight is 276 g/mol. The highest BCUT2D eigenvalue weighted by molar-refractivity contribution is 5.96. The maximum absolute atomic E-state index is 12.0. The molecule has 1 aliphatic heterocycles. The Morgan fingerprint density at radius 1 is 1.20 bits per heavy atom. The normalized spacial score (nSPS) is 16.6. The van der Waals surface area contributed by atoms with E-state index in [1.807, 2.05) is 37.3 Å². The van der Waals surface area contributed by atoms with Gasteiger partial charge in [-0.3, -0.25) is 10.1 Å². The number of nitrogens with one attached hydrogen (secondary N) is 3. The lowest BCUT2D eigenvalue weighted by molar-refractivity contribution is -0.901. The van der Waals surface area contributed by atoms with E-state index in [0.29, 0.717) is 6.54 Å². The largest absolute Gasteiger partial charge is 0.334 e. The van der Waals surface area contributed by atoms with Crippen molar-refractivity contribution in [2.45, 2.75) is 32.4 Å². The van der Waals surface area contributed by atoms with Crippen LogP contribution in [0.15, 0.2) is 30.3 Å². The number of rotatable bonds is 4. The molecule has 1 aromatic rings. The quantitative estimate of drug-likeness (QED) is 0.729. The smallest absolute Gasteiger partial charge is 0.321 e. The minimum absolute atomic E-state index is 0.167. The summed E-state index contributed by atoms with van der Waals surface area (Å²) >= 11 is 0. The first-order valence-electron chi connectivity index (χ1n) is 7.14. The van der Waals surface area contributed by atoms with Crippen LogP contribution in [0, 0.1) is 0 Å². The van der Waals surface area contributed by atoms with E-state index in [1.54, 1.807) is 0 Å². The highest BCUT2D eigenvalue weighted by Gasteiger charge is 2.28. The summed E-state index contributed by atoms with van der Waals surface area (Å²) in [4.78, 5) is 24.9. The summed E-state index contributed by atoms with van der Waals surface area (Å²) in [6.07, 6.45) is 2.32. The molecule has 3 N–H and O–H groups in total. The number of quaternary nitrogens is 1. The van der Waals surface area contributed by atoms with E-state index < -0.39 is 6.03 Å². The summed E-state index contributed by atoms with van der Waals surface area (Å²) in [7, 11) is 0. The Labute approximate surface area is 119 Å². The Morgan fingerprint density at radius 3 is 2.50 bits per heavy atom. The lowest BCUT2D eigenvalue weighted by Gasteiger charge is -2.19. The lowest BCUT2D eigenvalue weighted by Crippen LogP contribution is -3.15. The van der Waals surface area contributed by atoms with Gasteiger partial charge >= 0.3 is 6.03 Å². The van der Waals surface area contributed by atoms with Crippen LogP contribution >= 0.6 is 0 Å². The molecule has 20 heavy (non-hydrogen) atoms. The lowest BCUT2D eigenvalue weighted by atomic mass is 10.2. The molecule has 2 rings (SSSR count). The van der Waals surface area contributed by atoms with Crippen LogP contribution in [-0.2, 0) is 11.3 Å². The third-order valence-corrected chi connectivity index (χ3v) is 3.78. The summed E-state index contributed by atoms with van der Waals surface area (Å²) in [6, 6.07) is 9.02. The summed E-state index contributed by atoms with van der Waals surface area (Å²) in [5, 5.41) is 5.11. The van der Waals surface area contributed by atoms with E-state index in [2.05, 4.69) is 10.6 Å². The number of imide groups is 1. The van der Waals surface area contributed by atoms with Crippen LogP contribution in [-0.4, -0.2) is 31.1 Å². The first-order valence-corrected chi connectivity index (χ1v) is 7.14. The highest BCUT2D eigenvalue weighted by atomic mass is 16.2. The zero-order valence-corrected chi connectivity index (χ0v) is 11.8. The van der Waals surface area contributed by atoms with Crippen molar-refractivity contribution in [1.82, 2.24) is 10.6 Å². The maximum Gasteiger partial charge on any atom is 0.321 e. The Hall–Kier alpha value is -1.88. The Morgan fingerprint density at radius 2 is 1.85 bits per heavy atom. The zero-order chi connectivity index (χ0) is 14.4. The zero-order valence-electron chi connectivity index (χ0n) is 11.8. The van der Waals surface area contributed by atoms with Gasteiger partial charge in [0.2, 0.25) is 0 Å². The van der Waals surface area contributed by atoms with Crippen LogP contribution in [0.1, 0.15) is 25.3 Å². The monoisotopic (exact) mass is 276 g/mol. The summed E-state index contributed by atoms with van der Waals surface area (Å²) in [5.41, 5.74) is 1.01. The predicted octanol–water partition coefficient (Wildman–Crippen LogP) is 0.0796. The van der Waals surface area contributed by atoms with Crippen molar-refractivity contribution >= 4 is 11.9 Å². The molecule has 5 nitrogen and oxygen atoms in total. The molecular weight excluding hydrogens is 254 g/mol. The number of carbonyl (C=O) groups is 2. The maximum atomic E-state index is 12.0. The summed E-state index contributed by atoms with van der Waals surface area (Å²) in [6.45, 7) is 4.33. The summed E-state index contributed by atoms with van der Waals surface area (Å²) < 4.78 is 0. The summed E-state index contributed by atoms with van der Waals surface area (Å²) in [5.74, 6) is -0.201. The van der Waals surface area contributed by atoms with Gasteiger partial charge in [-0.05, 0) is 12.5 Å². The highest BCUT2D eigenvalue weighted by Crippen LogP contribution is 1.97. The second-order valence-corrected chi connectivity index (χ2v) is 5.24. The average Bonchev–Trinajstić information content (AvgIpc) is 2.99. The fourth-order valence-corrected chi connectivity index (χ4v) is 2.49. The molecular formula is C15H22N3O2+. The van der Waals surface area contributed by atoms with Gasteiger partial charge in [-0.15, -0.1) is 0 Å². The Kier molecular flexibility index (Phi) is 5.12. The molecule has 0 spiro atoms. The third kappa shape index (κ3) is 4.06. The number of hydrogen-bond acceptors (Lipinski definition) is 2. The van der Waals surface area contributed by atoms with E-state index in [1.165, 1.54) is 4.90 Å². The fourth-order valence-electron chi connectivity index (χ4n) is 2.49. The number of urea groups is 1. The fraction of sp³-hybridized carbons (Fsp3) is 0.467. The Bertz CT molecular complexity index is 455. The van der Waals surface area contributed by atoms with E-state index in [9.17, 15) is 9.59 Å². The first kappa shape index (κ1) is 14.5. The van der Waals surface area contributed by atoms with Gasteiger partial charge in [0, 0.05) is 19.4 Å². The van der Waals surface area contributed by atoms with Crippen LogP contribution in [0.3, 0.4) is 0 Å². The number of hydrogen-bond donors (Lipinski definition) is 3. The predicted molar refractivity (Wildman–Crippen MR) is 76.2 cm³/mol. The van der Waals surface area contributed by atoms with Crippen molar-refractivity contribution < 1.29 is 14.5 Å². The number of likely N-dealkylation sites (tertiary alicyclic amines) is 1. The van der Waals surface area contributed by atoms with Crippen LogP contribution in [0.2, 0.25) is 0 Å². The molecule has 0 aromatic heterocycles. The van der Waals surface area contributed by atoms with Crippen LogP contribution in [0.4, 0.5) is 4.79 Å². The molecule has 108 valence electrons. The molecule has 0 bridgehead atoms. The third-order valence-electron chi connectivity index (χ3n) is 3.78. The molecule has 1 aliphatic rings. The SMILES string of the molecule is C[C@@H](C(=O)NC(=O)NCc1ccccc1)[NH+]1CCCC1. The molecule has 1 atom stereocenters. The van der Waals surface area contributed by atoms with Crippen molar-refractivity contribution in [2.75, 3.05) is 13.1 Å². The van der Waals surface area contributed by atoms with Gasteiger partial charge in [0.1, 0.15) is 0 Å². The molecule has 5 heteroatoms. The molecule has 0 unspecified atom stereocenters. The standard InChI is InChI=1S/C15H21N3O2/c1-12(18-9-5-6-10-18)14(19)17-15(20)16-11-13-7-3-2-4-8-13/h2-4,7-8,12H,5-6,9-11H2,1H3,(H2,16,17,19,20)/p+1/t12-/m0/s1. The molecule has 0 radical (unpaired) electrons. The Balaban J connectivity index is 1.74. The molecule has 1 heterocycles. The van der Waals surface area contributed by atoms with E-state index in [-0.39, 0.29) is 11.9 Å². The molecule has 0 aliphatic carbocycles.